The number of hydrogen-bond donors (Lipinski definition) is 3. The van der Waals surface area contributed by atoms with Crippen molar-refractivity contribution in [3.05, 3.63) is 29.2 Å². The normalized spacial score (nSPS) is 20.9. The highest BCUT2D eigenvalue weighted by molar-refractivity contribution is 8.00. The molecule has 3 rings (SSSR count). The molecule has 1 aromatic heterocycles. The van der Waals surface area contributed by atoms with Gasteiger partial charge in [0.25, 0.3) is 11.8 Å². The van der Waals surface area contributed by atoms with Crippen LogP contribution in [-0.2, 0) is 19.2 Å². The van der Waals surface area contributed by atoms with Crippen molar-refractivity contribution in [2.24, 2.45) is 5.16 Å². The number of fused-ring (bicyclic) bond motifs is 1. The van der Waals surface area contributed by atoms with Crippen LogP contribution in [0.4, 0.5) is 5.13 Å². The maximum Gasteiger partial charge on any atom is 0.278 e. The molecule has 0 spiro atoms. The molecule has 2 aliphatic rings. The second-order valence-corrected chi connectivity index (χ2v) is 9.96. The number of nitrogen functional groups attached to an aromatic ring is 1. The van der Waals surface area contributed by atoms with Gasteiger partial charge in [-0.05, 0) is 11.6 Å². The number of anilines is 1. The molecule has 1 aromatic rings. The minimum absolute atomic E-state index is 0.0312. The molecule has 3 heterocycles. The molecule has 0 aliphatic carbocycles. The van der Waals surface area contributed by atoms with Crippen LogP contribution in [0.3, 0.4) is 0 Å². The number of rotatable bonds is 10. The van der Waals surface area contributed by atoms with Crippen LogP contribution in [0, 0.1) is 0 Å². The molecule has 4 N–H and O–H groups in total. The number of thioether (sulfide) groups is 1. The molecule has 13 nitrogen and oxygen atoms in total. The first kappa shape index (κ1) is 25.6. The Balaban J connectivity index is 1.75. The maximum absolute atomic E-state index is 12.8. The van der Waals surface area contributed by atoms with Gasteiger partial charge in [-0.25, -0.2) is 0 Å². The number of carboxylic acid groups (broad SMARTS) is 1. The molecule has 2 amide bonds. The van der Waals surface area contributed by atoms with Crippen LogP contribution < -0.4 is 16.2 Å². The van der Waals surface area contributed by atoms with E-state index in [0.717, 1.165) is 16.4 Å². The number of likely N-dealkylation sites (N-methyl/N-ethyl adjacent to an activating group) is 1. The number of carbonyl (C=O) groups is 3. The summed E-state index contributed by atoms with van der Waals surface area (Å²) in [5, 5.41) is 26.7. The molecule has 15 heteroatoms. The summed E-state index contributed by atoms with van der Waals surface area (Å²) in [4.78, 5) is 47.2. The van der Waals surface area contributed by atoms with E-state index in [1.54, 1.807) is 12.2 Å². The molecule has 184 valence electrons. The van der Waals surface area contributed by atoms with Gasteiger partial charge in [0, 0.05) is 17.3 Å². The standard InChI is InChI=1S/C19H25N7O6S2/c1-26(2,7-8-27)6-4-5-10-9-33-17-12(16(29)25(17)13(10)18(30)31)21-15(28)11(23-32-3)14-22-19(20)34-24-14/h4-5,12,17,27H,6-9H2,1-3H3,(H3-,20,21,22,24,28,30,31)/b5-4+,23-11-/t12-,17+/m1/s1. The van der Waals surface area contributed by atoms with E-state index in [4.69, 9.17) is 10.8 Å². The zero-order chi connectivity index (χ0) is 25.0. The Morgan fingerprint density at radius 2 is 2.21 bits per heavy atom. The van der Waals surface area contributed by atoms with Gasteiger partial charge in [0.15, 0.2) is 5.13 Å². The Hall–Kier alpha value is -3.01. The number of oxime groups is 1. The molecule has 34 heavy (non-hydrogen) atoms. The fourth-order valence-electron chi connectivity index (χ4n) is 3.42. The van der Waals surface area contributed by atoms with Crippen molar-refractivity contribution < 1.29 is 33.9 Å². The van der Waals surface area contributed by atoms with Crippen LogP contribution in [-0.4, -0.2) is 105 Å². The summed E-state index contributed by atoms with van der Waals surface area (Å²) < 4.78 is 4.44. The minimum Gasteiger partial charge on any atom is -0.543 e. The fraction of sp³-hybridized carbons (Fsp3) is 0.474. The minimum atomic E-state index is -1.48. The number of carboxylic acids is 1. The number of aliphatic hydroxyl groups is 1. The first-order valence-electron chi connectivity index (χ1n) is 10.1. The van der Waals surface area contributed by atoms with Crippen LogP contribution >= 0.6 is 23.3 Å². The number of aliphatic hydroxyl groups excluding tert-OH is 1. The lowest BCUT2D eigenvalue weighted by Gasteiger charge is -2.50. The largest absolute Gasteiger partial charge is 0.543 e. The zero-order valence-corrected chi connectivity index (χ0v) is 20.4. The maximum atomic E-state index is 12.8. The number of amides is 2. The molecule has 0 unspecified atom stereocenters. The Labute approximate surface area is 203 Å². The molecule has 1 saturated heterocycles. The number of allylic oxidation sites excluding steroid dienone is 1. The number of carbonyl (C=O) groups excluding carboxylic acids is 3. The van der Waals surface area contributed by atoms with Gasteiger partial charge in [-0.3, -0.25) is 14.5 Å². The molecular formula is C19H25N7O6S2. The van der Waals surface area contributed by atoms with Crippen LogP contribution in [0.1, 0.15) is 5.82 Å². The van der Waals surface area contributed by atoms with Gasteiger partial charge in [-0.15, -0.1) is 11.8 Å². The quantitative estimate of drug-likeness (QED) is 0.131. The van der Waals surface area contributed by atoms with E-state index < -0.39 is 29.2 Å². The number of β-lactam (4-membered cyclic amide) rings is 1. The van der Waals surface area contributed by atoms with E-state index in [0.29, 0.717) is 28.9 Å². The van der Waals surface area contributed by atoms with Crippen LogP contribution in [0.15, 0.2) is 28.6 Å². The van der Waals surface area contributed by atoms with E-state index in [1.165, 1.54) is 18.9 Å². The molecular weight excluding hydrogens is 486 g/mol. The summed E-state index contributed by atoms with van der Waals surface area (Å²) in [6.45, 7) is 1.13. The van der Waals surface area contributed by atoms with Crippen molar-refractivity contribution in [3.63, 3.8) is 0 Å². The third-order valence-electron chi connectivity index (χ3n) is 5.15. The predicted molar refractivity (Wildman–Crippen MR) is 123 cm³/mol. The third kappa shape index (κ3) is 5.38. The van der Waals surface area contributed by atoms with Crippen molar-refractivity contribution >= 4 is 51.9 Å². The van der Waals surface area contributed by atoms with Crippen molar-refractivity contribution in [1.29, 1.82) is 0 Å². The van der Waals surface area contributed by atoms with E-state index >= 15 is 0 Å². The van der Waals surface area contributed by atoms with Crippen molar-refractivity contribution in [2.45, 2.75) is 11.4 Å². The number of quaternary nitrogens is 1. The van der Waals surface area contributed by atoms with E-state index in [-0.39, 0.29) is 29.0 Å². The topological polar surface area (TPSA) is 183 Å². The average Bonchev–Trinajstić information content (AvgIpc) is 3.20. The first-order chi connectivity index (χ1) is 16.1. The van der Waals surface area contributed by atoms with Gasteiger partial charge in [-0.1, -0.05) is 11.2 Å². The van der Waals surface area contributed by atoms with Crippen LogP contribution in [0.5, 0.6) is 0 Å². The van der Waals surface area contributed by atoms with Gasteiger partial charge in [-0.2, -0.15) is 9.36 Å². The van der Waals surface area contributed by atoms with Crippen molar-refractivity contribution in [3.8, 4) is 0 Å². The lowest BCUT2D eigenvalue weighted by molar-refractivity contribution is -0.884. The summed E-state index contributed by atoms with van der Waals surface area (Å²) in [6.07, 6.45) is 3.46. The zero-order valence-electron chi connectivity index (χ0n) is 18.8. The molecule has 2 aliphatic heterocycles. The SMILES string of the molecule is CO/N=C(\C(=O)N[C@@H]1C(=O)N2C(C(=O)[O-])=C(/C=C/C[N+](C)(C)CCO)CS[C@@H]12)c1nsc(N)n1. The summed E-state index contributed by atoms with van der Waals surface area (Å²) in [7, 11) is 5.11. The summed E-state index contributed by atoms with van der Waals surface area (Å²) in [6, 6.07) is -0.976. The molecule has 0 aromatic carbocycles. The summed E-state index contributed by atoms with van der Waals surface area (Å²) >= 11 is 2.18. The lowest BCUT2D eigenvalue weighted by Crippen LogP contribution is -2.71. The molecule has 2 atom stereocenters. The monoisotopic (exact) mass is 511 g/mol. The van der Waals surface area contributed by atoms with E-state index in [1.807, 2.05) is 14.1 Å². The Bertz CT molecular complexity index is 1070. The Kier molecular flexibility index (Phi) is 7.91. The molecule has 0 radical (unpaired) electrons. The summed E-state index contributed by atoms with van der Waals surface area (Å²) in [5.74, 6) is -2.57. The van der Waals surface area contributed by atoms with Gasteiger partial charge < -0.3 is 35.4 Å². The molecule has 0 saturated carbocycles. The first-order valence-corrected chi connectivity index (χ1v) is 11.9. The number of aliphatic carboxylic acids is 1. The number of nitrogens with zero attached hydrogens (tertiary/aromatic N) is 5. The third-order valence-corrected chi connectivity index (χ3v) is 7.00. The van der Waals surface area contributed by atoms with Gasteiger partial charge in [0.05, 0.1) is 38.9 Å². The molecule has 1 fully saturated rings. The van der Waals surface area contributed by atoms with Crippen molar-refractivity contribution in [2.75, 3.05) is 52.4 Å². The highest BCUT2D eigenvalue weighted by Gasteiger charge is 2.53. The van der Waals surface area contributed by atoms with Gasteiger partial charge in [0.1, 0.15) is 25.1 Å². The Morgan fingerprint density at radius 1 is 1.47 bits per heavy atom. The van der Waals surface area contributed by atoms with E-state index in [2.05, 4.69) is 24.7 Å². The number of aromatic nitrogens is 2. The fourth-order valence-corrected chi connectivity index (χ4v) is 5.17. The smallest absolute Gasteiger partial charge is 0.278 e. The number of nitrogens with one attached hydrogen (secondary N) is 1. The van der Waals surface area contributed by atoms with Gasteiger partial charge >= 0.3 is 0 Å². The highest BCUT2D eigenvalue weighted by Crippen LogP contribution is 2.40. The van der Waals surface area contributed by atoms with Crippen LogP contribution in [0.25, 0.3) is 0 Å². The van der Waals surface area contributed by atoms with Gasteiger partial charge in [0.2, 0.25) is 11.5 Å². The number of nitrogens with two attached hydrogens (primary N) is 1. The van der Waals surface area contributed by atoms with Crippen LogP contribution in [0.2, 0.25) is 0 Å². The van der Waals surface area contributed by atoms with E-state index in [9.17, 15) is 19.5 Å². The molecule has 0 bridgehead atoms. The second kappa shape index (κ2) is 10.5. The number of hydrogen-bond acceptors (Lipinski definition) is 12. The Morgan fingerprint density at radius 3 is 2.79 bits per heavy atom. The predicted octanol–water partition coefficient (Wildman–Crippen LogP) is -2.50. The highest BCUT2D eigenvalue weighted by atomic mass is 32.2. The summed E-state index contributed by atoms with van der Waals surface area (Å²) in [5.41, 5.74) is 5.52. The lowest BCUT2D eigenvalue weighted by atomic mass is 10.0. The average molecular weight is 512 g/mol. The van der Waals surface area contributed by atoms with Crippen molar-refractivity contribution in [1.82, 2.24) is 19.6 Å². The second-order valence-electron chi connectivity index (χ2n) is 8.07.